The normalized spacial score (nSPS) is 10.8. The third-order valence-corrected chi connectivity index (χ3v) is 3.00. The Kier molecular flexibility index (Phi) is 3.66. The molecule has 0 saturated carbocycles. The zero-order valence-electron chi connectivity index (χ0n) is 9.95. The van der Waals surface area contributed by atoms with Gasteiger partial charge < -0.3 is 9.52 Å². The Morgan fingerprint density at radius 1 is 1.56 bits per heavy atom. The van der Waals surface area contributed by atoms with Gasteiger partial charge in [0.1, 0.15) is 5.75 Å². The van der Waals surface area contributed by atoms with Crippen LogP contribution in [-0.4, -0.2) is 36.8 Å². The maximum Gasteiger partial charge on any atom is 0.314 e. The minimum atomic E-state index is -0.921. The van der Waals surface area contributed by atoms with E-state index >= 15 is 0 Å². The van der Waals surface area contributed by atoms with Gasteiger partial charge in [0, 0.05) is 13.2 Å². The van der Waals surface area contributed by atoms with Gasteiger partial charge in [0.25, 0.3) is 11.1 Å². The molecule has 2 heterocycles. The number of nitrogens with zero attached hydrogens (tertiary/aromatic N) is 4. The van der Waals surface area contributed by atoms with E-state index in [1.807, 2.05) is 14.0 Å². The van der Waals surface area contributed by atoms with Crippen LogP contribution in [0, 0.1) is 0 Å². The van der Waals surface area contributed by atoms with Crippen molar-refractivity contribution in [1.29, 1.82) is 0 Å². The van der Waals surface area contributed by atoms with Gasteiger partial charge >= 0.3 is 5.97 Å². The molecule has 0 aromatic carbocycles. The van der Waals surface area contributed by atoms with Gasteiger partial charge in [-0.05, 0) is 6.42 Å². The molecule has 0 unspecified atom stereocenters. The van der Waals surface area contributed by atoms with Crippen LogP contribution >= 0.6 is 11.8 Å². The number of aliphatic carboxylic acids is 1. The van der Waals surface area contributed by atoms with Crippen LogP contribution in [0.25, 0.3) is 11.5 Å². The lowest BCUT2D eigenvalue weighted by Crippen LogP contribution is -1.97. The molecule has 1 N–H and O–H groups in total. The number of thioether (sulfide) groups is 1. The molecule has 0 bridgehead atoms. The van der Waals surface area contributed by atoms with Crippen molar-refractivity contribution in [3.8, 4) is 11.5 Å². The van der Waals surface area contributed by atoms with Gasteiger partial charge in [-0.25, -0.2) is 0 Å². The fourth-order valence-electron chi connectivity index (χ4n) is 1.47. The van der Waals surface area contributed by atoms with Gasteiger partial charge in [0.15, 0.2) is 0 Å². The lowest BCUT2D eigenvalue weighted by atomic mass is 10.2. The van der Waals surface area contributed by atoms with E-state index in [2.05, 4.69) is 15.3 Å². The number of carboxylic acid groups (broad SMARTS) is 1. The van der Waals surface area contributed by atoms with Gasteiger partial charge in [-0.1, -0.05) is 18.7 Å². The van der Waals surface area contributed by atoms with Crippen molar-refractivity contribution < 1.29 is 14.3 Å². The summed E-state index contributed by atoms with van der Waals surface area (Å²) >= 11 is 0.997. The Morgan fingerprint density at radius 2 is 2.33 bits per heavy atom. The van der Waals surface area contributed by atoms with Crippen LogP contribution in [0.2, 0.25) is 0 Å². The second-order valence-corrected chi connectivity index (χ2v) is 4.50. The van der Waals surface area contributed by atoms with Crippen molar-refractivity contribution in [2.75, 3.05) is 5.75 Å². The van der Waals surface area contributed by atoms with E-state index in [-0.39, 0.29) is 11.0 Å². The van der Waals surface area contributed by atoms with Crippen molar-refractivity contribution >= 4 is 17.7 Å². The van der Waals surface area contributed by atoms with Crippen molar-refractivity contribution in [3.63, 3.8) is 0 Å². The molecule has 2 rings (SSSR count). The Bertz CT molecular complexity index is 563. The van der Waals surface area contributed by atoms with Gasteiger partial charge in [-0.2, -0.15) is 5.10 Å². The van der Waals surface area contributed by atoms with Crippen LogP contribution in [0.1, 0.15) is 12.6 Å². The molecule has 2 aromatic heterocycles. The highest BCUT2D eigenvalue weighted by molar-refractivity contribution is 7.99. The quantitative estimate of drug-likeness (QED) is 0.814. The summed E-state index contributed by atoms with van der Waals surface area (Å²) in [5.74, 6) is -0.654. The summed E-state index contributed by atoms with van der Waals surface area (Å²) in [6.07, 6.45) is 2.56. The highest BCUT2D eigenvalue weighted by Gasteiger charge is 2.15. The number of carboxylic acids is 1. The molecule has 0 aliphatic rings. The lowest BCUT2D eigenvalue weighted by molar-refractivity contribution is -0.133. The minimum absolute atomic E-state index is 0.102. The molecule has 96 valence electrons. The summed E-state index contributed by atoms with van der Waals surface area (Å²) in [6, 6.07) is 0. The first-order valence-electron chi connectivity index (χ1n) is 5.31. The second-order valence-electron chi connectivity index (χ2n) is 3.57. The number of carbonyl (C=O) groups is 1. The average Bonchev–Trinajstić information content (AvgIpc) is 2.92. The van der Waals surface area contributed by atoms with E-state index in [1.54, 1.807) is 10.9 Å². The molecule has 0 aliphatic heterocycles. The largest absolute Gasteiger partial charge is 0.481 e. The first kappa shape index (κ1) is 12.6. The van der Waals surface area contributed by atoms with Crippen LogP contribution in [-0.2, 0) is 18.3 Å². The summed E-state index contributed by atoms with van der Waals surface area (Å²) in [5.41, 5.74) is 1.66. The van der Waals surface area contributed by atoms with Crippen LogP contribution in [0.15, 0.2) is 15.8 Å². The van der Waals surface area contributed by atoms with Gasteiger partial charge in [-0.15, -0.1) is 10.2 Å². The van der Waals surface area contributed by atoms with Crippen LogP contribution < -0.4 is 0 Å². The van der Waals surface area contributed by atoms with E-state index in [9.17, 15) is 4.79 Å². The molecule has 2 aromatic rings. The third kappa shape index (κ3) is 2.70. The molecule has 0 aliphatic carbocycles. The Morgan fingerprint density at radius 3 is 3.00 bits per heavy atom. The number of hydrogen-bond acceptors (Lipinski definition) is 6. The highest BCUT2D eigenvalue weighted by atomic mass is 32.2. The molecule has 18 heavy (non-hydrogen) atoms. The molecule has 0 atom stereocenters. The smallest absolute Gasteiger partial charge is 0.314 e. The first-order valence-corrected chi connectivity index (χ1v) is 6.29. The van der Waals surface area contributed by atoms with E-state index in [0.29, 0.717) is 5.89 Å². The first-order chi connectivity index (χ1) is 8.60. The molecule has 0 amide bonds. The van der Waals surface area contributed by atoms with E-state index in [0.717, 1.165) is 29.4 Å². The predicted molar refractivity (Wildman–Crippen MR) is 64.2 cm³/mol. The van der Waals surface area contributed by atoms with Crippen LogP contribution in [0.5, 0.6) is 0 Å². The zero-order valence-corrected chi connectivity index (χ0v) is 10.8. The fourth-order valence-corrected chi connectivity index (χ4v) is 1.96. The maximum absolute atomic E-state index is 10.4. The summed E-state index contributed by atoms with van der Waals surface area (Å²) in [7, 11) is 1.82. The van der Waals surface area contributed by atoms with Crippen molar-refractivity contribution in [3.05, 3.63) is 11.9 Å². The van der Waals surface area contributed by atoms with E-state index in [1.165, 1.54) is 0 Å². The standard InChI is InChI=1S/C10H12N4O3S/c1-3-7-6(4-14(2)13-7)9-11-12-10(17-9)18-5-8(15)16/h4H,3,5H2,1-2H3,(H,15,16). The maximum atomic E-state index is 10.4. The summed E-state index contributed by atoms with van der Waals surface area (Å²) in [6.45, 7) is 1.99. The minimum Gasteiger partial charge on any atom is -0.481 e. The van der Waals surface area contributed by atoms with E-state index < -0.39 is 5.97 Å². The third-order valence-electron chi connectivity index (χ3n) is 2.20. The van der Waals surface area contributed by atoms with Crippen molar-refractivity contribution in [1.82, 2.24) is 20.0 Å². The summed E-state index contributed by atoms with van der Waals surface area (Å²) in [5, 5.41) is 20.8. The predicted octanol–water partition coefficient (Wildman–Crippen LogP) is 1.21. The number of hydrogen-bond donors (Lipinski definition) is 1. The van der Waals surface area contributed by atoms with Crippen LogP contribution in [0.3, 0.4) is 0 Å². The highest BCUT2D eigenvalue weighted by Crippen LogP contribution is 2.25. The van der Waals surface area contributed by atoms with Crippen molar-refractivity contribution in [2.24, 2.45) is 7.05 Å². The SMILES string of the molecule is CCc1nn(C)cc1-c1nnc(SCC(=O)O)o1. The zero-order chi connectivity index (χ0) is 13.1. The molecule has 0 fully saturated rings. The molecular weight excluding hydrogens is 256 g/mol. The molecule has 7 nitrogen and oxygen atoms in total. The Labute approximate surface area is 107 Å². The topological polar surface area (TPSA) is 94.0 Å². The Hall–Kier alpha value is -1.83. The molecule has 0 radical (unpaired) electrons. The van der Waals surface area contributed by atoms with Gasteiger partial charge in [0.2, 0.25) is 0 Å². The molecule has 8 heteroatoms. The lowest BCUT2D eigenvalue weighted by Gasteiger charge is -1.92. The van der Waals surface area contributed by atoms with Crippen molar-refractivity contribution in [2.45, 2.75) is 18.6 Å². The average molecular weight is 268 g/mol. The second kappa shape index (κ2) is 5.21. The Balaban J connectivity index is 2.20. The monoisotopic (exact) mass is 268 g/mol. The van der Waals surface area contributed by atoms with Gasteiger partial charge in [-0.3, -0.25) is 9.48 Å². The molecule has 0 saturated heterocycles. The van der Waals surface area contributed by atoms with E-state index in [4.69, 9.17) is 9.52 Å². The summed E-state index contributed by atoms with van der Waals surface area (Å²) in [4.78, 5) is 10.4. The van der Waals surface area contributed by atoms with Gasteiger partial charge in [0.05, 0.1) is 11.3 Å². The van der Waals surface area contributed by atoms with Crippen LogP contribution in [0.4, 0.5) is 0 Å². The number of rotatable bonds is 5. The molecular formula is C10H12N4O3S. The number of aryl methyl sites for hydroxylation is 2. The fraction of sp³-hybridized carbons (Fsp3) is 0.400. The number of aromatic nitrogens is 4. The molecule has 0 spiro atoms. The summed E-state index contributed by atoms with van der Waals surface area (Å²) < 4.78 is 7.08.